The summed E-state index contributed by atoms with van der Waals surface area (Å²) < 4.78 is 5.66. The lowest BCUT2D eigenvalue weighted by molar-refractivity contribution is -0.119. The number of likely N-dealkylation sites (tertiary alicyclic amines) is 1. The number of carbonyl (C=O) groups excluding carboxylic acids is 1. The van der Waals surface area contributed by atoms with Gasteiger partial charge in [0.15, 0.2) is 0 Å². The molecule has 1 amide bonds. The Morgan fingerprint density at radius 1 is 1.52 bits per heavy atom. The van der Waals surface area contributed by atoms with Crippen LogP contribution in [-0.2, 0) is 4.79 Å². The van der Waals surface area contributed by atoms with Crippen molar-refractivity contribution < 1.29 is 9.53 Å². The standard InChI is InChI=1S/C16H21N3O2/c1-13(20)18-15-7-9-19(12-15)8-4-10-21-16-6-3-2-5-14(16)11-17/h2-3,5-6,15H,4,7-10,12H2,1H3,(H,18,20). The third-order valence-corrected chi connectivity index (χ3v) is 3.56. The van der Waals surface area contributed by atoms with Gasteiger partial charge in [0.1, 0.15) is 11.8 Å². The summed E-state index contributed by atoms with van der Waals surface area (Å²) in [6.07, 6.45) is 1.92. The quantitative estimate of drug-likeness (QED) is 0.806. The van der Waals surface area contributed by atoms with Crippen LogP contribution >= 0.6 is 0 Å². The highest BCUT2D eigenvalue weighted by Gasteiger charge is 2.22. The van der Waals surface area contributed by atoms with Gasteiger partial charge in [-0.1, -0.05) is 12.1 Å². The van der Waals surface area contributed by atoms with Gasteiger partial charge in [0.25, 0.3) is 0 Å². The number of rotatable bonds is 6. The maximum Gasteiger partial charge on any atom is 0.217 e. The Morgan fingerprint density at radius 3 is 3.10 bits per heavy atom. The second kappa shape index (κ2) is 7.65. The molecule has 1 heterocycles. The number of carbonyl (C=O) groups is 1. The molecule has 0 aromatic heterocycles. The zero-order valence-corrected chi connectivity index (χ0v) is 12.3. The molecule has 0 spiro atoms. The maximum absolute atomic E-state index is 11.0. The Morgan fingerprint density at radius 2 is 2.33 bits per heavy atom. The second-order valence-electron chi connectivity index (χ2n) is 5.30. The molecule has 0 bridgehead atoms. The van der Waals surface area contributed by atoms with Gasteiger partial charge in [0.2, 0.25) is 5.91 Å². The third-order valence-electron chi connectivity index (χ3n) is 3.56. The normalized spacial score (nSPS) is 18.2. The molecule has 1 aromatic carbocycles. The van der Waals surface area contributed by atoms with Crippen LogP contribution in [0.25, 0.3) is 0 Å². The maximum atomic E-state index is 11.0. The van der Waals surface area contributed by atoms with Gasteiger partial charge in [-0.2, -0.15) is 5.26 Å². The molecule has 1 saturated heterocycles. The molecule has 1 atom stereocenters. The van der Waals surface area contributed by atoms with Gasteiger partial charge in [0.05, 0.1) is 12.2 Å². The zero-order chi connectivity index (χ0) is 15.1. The van der Waals surface area contributed by atoms with Crippen molar-refractivity contribution in [3.05, 3.63) is 29.8 Å². The molecule has 1 aliphatic heterocycles. The Balaban J connectivity index is 1.67. The van der Waals surface area contributed by atoms with Crippen LogP contribution in [0, 0.1) is 11.3 Å². The largest absolute Gasteiger partial charge is 0.492 e. The number of para-hydroxylation sites is 1. The first-order chi connectivity index (χ1) is 10.2. The summed E-state index contributed by atoms with van der Waals surface area (Å²) in [4.78, 5) is 13.3. The minimum Gasteiger partial charge on any atom is -0.492 e. The van der Waals surface area contributed by atoms with Crippen LogP contribution in [-0.4, -0.2) is 43.1 Å². The minimum atomic E-state index is 0.0401. The molecule has 5 nitrogen and oxygen atoms in total. The van der Waals surface area contributed by atoms with Crippen molar-refractivity contribution >= 4 is 5.91 Å². The number of nitrogens with one attached hydrogen (secondary N) is 1. The summed E-state index contributed by atoms with van der Waals surface area (Å²) in [5.74, 6) is 0.691. The van der Waals surface area contributed by atoms with E-state index in [0.717, 1.165) is 32.5 Å². The van der Waals surface area contributed by atoms with Crippen molar-refractivity contribution in [3.8, 4) is 11.8 Å². The Labute approximate surface area is 125 Å². The molecule has 2 rings (SSSR count). The number of nitriles is 1. The first-order valence-corrected chi connectivity index (χ1v) is 7.30. The zero-order valence-electron chi connectivity index (χ0n) is 12.3. The molecule has 112 valence electrons. The van der Waals surface area contributed by atoms with Crippen LogP contribution in [0.2, 0.25) is 0 Å². The molecular formula is C16H21N3O2. The van der Waals surface area contributed by atoms with E-state index < -0.39 is 0 Å². The minimum absolute atomic E-state index is 0.0401. The molecule has 1 N–H and O–H groups in total. The fourth-order valence-electron chi connectivity index (χ4n) is 2.60. The number of hydrogen-bond donors (Lipinski definition) is 1. The molecule has 5 heteroatoms. The van der Waals surface area contributed by atoms with Crippen LogP contribution in [0.1, 0.15) is 25.3 Å². The molecule has 0 aliphatic carbocycles. The van der Waals surface area contributed by atoms with Crippen molar-refractivity contribution in [2.24, 2.45) is 0 Å². The summed E-state index contributed by atoms with van der Waals surface area (Å²) in [6, 6.07) is 9.69. The summed E-state index contributed by atoms with van der Waals surface area (Å²) in [5.41, 5.74) is 0.574. The van der Waals surface area contributed by atoms with Crippen LogP contribution in [0.3, 0.4) is 0 Å². The van der Waals surface area contributed by atoms with E-state index >= 15 is 0 Å². The van der Waals surface area contributed by atoms with Gasteiger partial charge in [-0.3, -0.25) is 4.79 Å². The summed E-state index contributed by atoms with van der Waals surface area (Å²) in [5, 5.41) is 11.9. The second-order valence-corrected chi connectivity index (χ2v) is 5.30. The Hall–Kier alpha value is -2.06. The number of benzene rings is 1. The third kappa shape index (κ3) is 4.76. The predicted molar refractivity (Wildman–Crippen MR) is 79.9 cm³/mol. The fourth-order valence-corrected chi connectivity index (χ4v) is 2.60. The first kappa shape index (κ1) is 15.3. The van der Waals surface area contributed by atoms with Gasteiger partial charge in [-0.15, -0.1) is 0 Å². The summed E-state index contributed by atoms with van der Waals surface area (Å²) in [6.45, 7) is 5.03. The fraction of sp³-hybridized carbons (Fsp3) is 0.500. The van der Waals surface area contributed by atoms with Crippen molar-refractivity contribution in [2.75, 3.05) is 26.2 Å². The van der Waals surface area contributed by atoms with Gasteiger partial charge >= 0.3 is 0 Å². The molecule has 1 fully saturated rings. The van der Waals surface area contributed by atoms with E-state index in [-0.39, 0.29) is 11.9 Å². The monoisotopic (exact) mass is 287 g/mol. The van der Waals surface area contributed by atoms with Crippen molar-refractivity contribution in [1.29, 1.82) is 5.26 Å². The molecule has 1 unspecified atom stereocenters. The highest BCUT2D eigenvalue weighted by atomic mass is 16.5. The predicted octanol–water partition coefficient (Wildman–Crippen LogP) is 1.54. The van der Waals surface area contributed by atoms with Crippen molar-refractivity contribution in [3.63, 3.8) is 0 Å². The lowest BCUT2D eigenvalue weighted by Gasteiger charge is -2.16. The highest BCUT2D eigenvalue weighted by molar-refractivity contribution is 5.73. The van der Waals surface area contributed by atoms with Crippen molar-refractivity contribution in [1.82, 2.24) is 10.2 Å². The van der Waals surface area contributed by atoms with Gasteiger partial charge in [-0.05, 0) is 25.0 Å². The number of ether oxygens (including phenoxy) is 1. The van der Waals surface area contributed by atoms with Crippen LogP contribution in [0.5, 0.6) is 5.75 Å². The smallest absolute Gasteiger partial charge is 0.217 e. The number of hydrogen-bond acceptors (Lipinski definition) is 4. The van der Waals surface area contributed by atoms with E-state index in [4.69, 9.17) is 10.00 Å². The van der Waals surface area contributed by atoms with Crippen LogP contribution < -0.4 is 10.1 Å². The van der Waals surface area contributed by atoms with Crippen molar-refractivity contribution in [2.45, 2.75) is 25.8 Å². The molecule has 1 aromatic rings. The molecule has 21 heavy (non-hydrogen) atoms. The highest BCUT2D eigenvalue weighted by Crippen LogP contribution is 2.17. The lowest BCUT2D eigenvalue weighted by Crippen LogP contribution is -2.35. The molecule has 0 radical (unpaired) electrons. The van der Waals surface area contributed by atoms with Gasteiger partial charge < -0.3 is 15.0 Å². The topological polar surface area (TPSA) is 65.4 Å². The van der Waals surface area contributed by atoms with E-state index in [2.05, 4.69) is 16.3 Å². The average molecular weight is 287 g/mol. The molecule has 1 aliphatic rings. The van der Waals surface area contributed by atoms with Gasteiger partial charge in [0, 0.05) is 32.6 Å². The van der Waals surface area contributed by atoms with E-state index in [1.807, 2.05) is 18.2 Å². The lowest BCUT2D eigenvalue weighted by atomic mass is 10.2. The van der Waals surface area contributed by atoms with E-state index in [0.29, 0.717) is 17.9 Å². The van der Waals surface area contributed by atoms with E-state index in [1.54, 1.807) is 13.0 Å². The number of nitrogens with zero attached hydrogens (tertiary/aromatic N) is 2. The SMILES string of the molecule is CC(=O)NC1CCN(CCCOc2ccccc2C#N)C1. The summed E-state index contributed by atoms with van der Waals surface area (Å²) in [7, 11) is 0. The summed E-state index contributed by atoms with van der Waals surface area (Å²) >= 11 is 0. The first-order valence-electron chi connectivity index (χ1n) is 7.30. The van der Waals surface area contributed by atoms with E-state index in [1.165, 1.54) is 0 Å². The molecule has 0 saturated carbocycles. The van der Waals surface area contributed by atoms with Gasteiger partial charge in [-0.25, -0.2) is 0 Å². The average Bonchev–Trinajstić information content (AvgIpc) is 2.90. The van der Waals surface area contributed by atoms with Crippen LogP contribution in [0.4, 0.5) is 0 Å². The number of amides is 1. The molecular weight excluding hydrogens is 266 g/mol. The van der Waals surface area contributed by atoms with Crippen LogP contribution in [0.15, 0.2) is 24.3 Å². The Kier molecular flexibility index (Phi) is 5.59. The van der Waals surface area contributed by atoms with E-state index in [9.17, 15) is 4.79 Å². The Bertz CT molecular complexity index is 524.